The number of likely N-dealkylation sites (N-methyl/N-ethyl adjacent to an activating group) is 1. The largest absolute Gasteiger partial charge is 0.483 e. The first kappa shape index (κ1) is 21.2. The Labute approximate surface area is 160 Å². The lowest BCUT2D eigenvalue weighted by Gasteiger charge is -2.34. The Hall–Kier alpha value is -2.12. The van der Waals surface area contributed by atoms with Crippen molar-refractivity contribution in [1.82, 2.24) is 9.80 Å². The first-order chi connectivity index (χ1) is 12.9. The predicted molar refractivity (Wildman–Crippen MR) is 102 cm³/mol. The molecule has 1 fully saturated rings. The van der Waals surface area contributed by atoms with Gasteiger partial charge in [0.1, 0.15) is 5.75 Å². The van der Waals surface area contributed by atoms with E-state index in [1.165, 1.54) is 0 Å². The van der Waals surface area contributed by atoms with Crippen LogP contribution in [0.2, 0.25) is 0 Å². The number of ether oxygens (including phenoxy) is 2. The SMILES string of the molecule is CCC(C)c1ccccc1OCC(=O)N1CCOC(CN(C)CC(=O)O)C1. The highest BCUT2D eigenvalue weighted by molar-refractivity contribution is 5.78. The Balaban J connectivity index is 1.88. The Kier molecular flexibility index (Phi) is 8.06. The maximum absolute atomic E-state index is 12.6. The van der Waals surface area contributed by atoms with Crippen molar-refractivity contribution < 1.29 is 24.2 Å². The van der Waals surface area contributed by atoms with Crippen LogP contribution in [-0.2, 0) is 14.3 Å². The fraction of sp³-hybridized carbons (Fsp3) is 0.600. The minimum atomic E-state index is -0.880. The van der Waals surface area contributed by atoms with Crippen molar-refractivity contribution in [2.75, 3.05) is 46.4 Å². The normalized spacial score (nSPS) is 18.4. The molecule has 0 saturated carbocycles. The Morgan fingerprint density at radius 2 is 2.15 bits per heavy atom. The van der Waals surface area contributed by atoms with E-state index < -0.39 is 5.97 Å². The van der Waals surface area contributed by atoms with E-state index >= 15 is 0 Å². The number of carboxylic acid groups (broad SMARTS) is 1. The molecule has 0 aromatic heterocycles. The van der Waals surface area contributed by atoms with Gasteiger partial charge in [-0.1, -0.05) is 32.0 Å². The van der Waals surface area contributed by atoms with Gasteiger partial charge < -0.3 is 19.5 Å². The molecule has 1 aromatic rings. The number of benzene rings is 1. The van der Waals surface area contributed by atoms with Crippen LogP contribution in [0.4, 0.5) is 0 Å². The third kappa shape index (κ3) is 6.52. The number of nitrogens with zero attached hydrogens (tertiary/aromatic N) is 2. The lowest BCUT2D eigenvalue weighted by atomic mass is 9.98. The quantitative estimate of drug-likeness (QED) is 0.706. The minimum absolute atomic E-state index is 0.00880. The average Bonchev–Trinajstić information content (AvgIpc) is 2.65. The lowest BCUT2D eigenvalue weighted by molar-refractivity contribution is -0.143. The smallest absolute Gasteiger partial charge is 0.317 e. The first-order valence-electron chi connectivity index (χ1n) is 9.42. The Bertz CT molecular complexity index is 637. The number of hydrogen-bond acceptors (Lipinski definition) is 5. The van der Waals surface area contributed by atoms with E-state index in [1.807, 2.05) is 24.3 Å². The fourth-order valence-corrected chi connectivity index (χ4v) is 3.17. The summed E-state index contributed by atoms with van der Waals surface area (Å²) in [6, 6.07) is 7.83. The second-order valence-electron chi connectivity index (χ2n) is 7.06. The van der Waals surface area contributed by atoms with E-state index in [9.17, 15) is 9.59 Å². The summed E-state index contributed by atoms with van der Waals surface area (Å²) in [4.78, 5) is 26.8. The van der Waals surface area contributed by atoms with Gasteiger partial charge in [-0.05, 0) is 31.0 Å². The first-order valence-corrected chi connectivity index (χ1v) is 9.42. The molecule has 7 heteroatoms. The highest BCUT2D eigenvalue weighted by Crippen LogP contribution is 2.28. The minimum Gasteiger partial charge on any atom is -0.483 e. The highest BCUT2D eigenvalue weighted by atomic mass is 16.5. The fourth-order valence-electron chi connectivity index (χ4n) is 3.17. The third-order valence-electron chi connectivity index (χ3n) is 4.83. The van der Waals surface area contributed by atoms with Crippen LogP contribution in [0.5, 0.6) is 5.75 Å². The molecule has 1 amide bonds. The van der Waals surface area contributed by atoms with Gasteiger partial charge in [0.2, 0.25) is 0 Å². The number of rotatable bonds is 9. The maximum atomic E-state index is 12.6. The van der Waals surface area contributed by atoms with Crippen LogP contribution in [0.3, 0.4) is 0 Å². The summed E-state index contributed by atoms with van der Waals surface area (Å²) in [6.45, 7) is 6.09. The second kappa shape index (κ2) is 10.3. The summed E-state index contributed by atoms with van der Waals surface area (Å²) in [6.07, 6.45) is 0.808. The maximum Gasteiger partial charge on any atom is 0.317 e. The van der Waals surface area contributed by atoms with Crippen molar-refractivity contribution in [3.63, 3.8) is 0 Å². The lowest BCUT2D eigenvalue weighted by Crippen LogP contribution is -2.50. The van der Waals surface area contributed by atoms with E-state index in [0.717, 1.165) is 17.7 Å². The van der Waals surface area contributed by atoms with Crippen molar-refractivity contribution in [3.05, 3.63) is 29.8 Å². The van der Waals surface area contributed by atoms with Crippen LogP contribution in [0.1, 0.15) is 31.7 Å². The van der Waals surface area contributed by atoms with E-state index in [4.69, 9.17) is 14.6 Å². The van der Waals surface area contributed by atoms with Crippen molar-refractivity contribution in [2.24, 2.45) is 0 Å². The van der Waals surface area contributed by atoms with E-state index in [-0.39, 0.29) is 25.2 Å². The molecule has 2 unspecified atom stereocenters. The molecule has 1 N–H and O–H groups in total. The zero-order valence-electron chi connectivity index (χ0n) is 16.4. The summed E-state index contributed by atoms with van der Waals surface area (Å²) in [5.41, 5.74) is 1.11. The van der Waals surface area contributed by atoms with E-state index in [2.05, 4.69) is 13.8 Å². The summed E-state index contributed by atoms with van der Waals surface area (Å²) in [5, 5.41) is 8.85. The van der Waals surface area contributed by atoms with Crippen molar-refractivity contribution in [1.29, 1.82) is 0 Å². The number of para-hydroxylation sites is 1. The molecule has 0 bridgehead atoms. The van der Waals surface area contributed by atoms with E-state index in [0.29, 0.717) is 32.2 Å². The van der Waals surface area contributed by atoms with Gasteiger partial charge in [-0.15, -0.1) is 0 Å². The summed E-state index contributed by atoms with van der Waals surface area (Å²) in [5.74, 6) is 0.165. The Morgan fingerprint density at radius 1 is 1.41 bits per heavy atom. The zero-order valence-corrected chi connectivity index (χ0v) is 16.4. The van der Waals surface area contributed by atoms with Gasteiger partial charge in [-0.25, -0.2) is 0 Å². The molecule has 150 valence electrons. The van der Waals surface area contributed by atoms with Crippen LogP contribution in [0, 0.1) is 0 Å². The van der Waals surface area contributed by atoms with Gasteiger partial charge in [0.05, 0.1) is 19.3 Å². The molecule has 1 aliphatic heterocycles. The number of hydrogen-bond donors (Lipinski definition) is 1. The highest BCUT2D eigenvalue weighted by Gasteiger charge is 2.26. The van der Waals surface area contributed by atoms with Crippen LogP contribution >= 0.6 is 0 Å². The summed E-state index contributed by atoms with van der Waals surface area (Å²) < 4.78 is 11.5. The molecule has 27 heavy (non-hydrogen) atoms. The van der Waals surface area contributed by atoms with Crippen LogP contribution < -0.4 is 4.74 Å². The molecular formula is C20H30N2O5. The van der Waals surface area contributed by atoms with Gasteiger partial charge in [-0.3, -0.25) is 14.5 Å². The second-order valence-corrected chi connectivity index (χ2v) is 7.06. The zero-order chi connectivity index (χ0) is 19.8. The van der Waals surface area contributed by atoms with Gasteiger partial charge >= 0.3 is 5.97 Å². The predicted octanol–water partition coefficient (Wildman–Crippen LogP) is 1.82. The molecule has 2 rings (SSSR count). The molecule has 7 nitrogen and oxygen atoms in total. The Morgan fingerprint density at radius 3 is 2.85 bits per heavy atom. The monoisotopic (exact) mass is 378 g/mol. The van der Waals surface area contributed by atoms with Gasteiger partial charge in [0.25, 0.3) is 5.91 Å². The summed E-state index contributed by atoms with van der Waals surface area (Å²) in [7, 11) is 1.73. The number of aliphatic carboxylic acids is 1. The number of carboxylic acids is 1. The van der Waals surface area contributed by atoms with Gasteiger partial charge in [0.15, 0.2) is 6.61 Å². The van der Waals surface area contributed by atoms with Crippen LogP contribution in [0.15, 0.2) is 24.3 Å². The van der Waals surface area contributed by atoms with Crippen molar-refractivity contribution >= 4 is 11.9 Å². The van der Waals surface area contributed by atoms with E-state index in [1.54, 1.807) is 16.8 Å². The molecule has 2 atom stereocenters. The number of carbonyl (C=O) groups is 2. The molecule has 1 saturated heterocycles. The van der Waals surface area contributed by atoms with Crippen molar-refractivity contribution in [2.45, 2.75) is 32.3 Å². The number of carbonyl (C=O) groups excluding carboxylic acids is 1. The average molecular weight is 378 g/mol. The molecule has 1 aromatic carbocycles. The van der Waals surface area contributed by atoms with Crippen molar-refractivity contribution in [3.8, 4) is 5.75 Å². The molecule has 0 spiro atoms. The van der Waals surface area contributed by atoms with Gasteiger partial charge in [-0.2, -0.15) is 0 Å². The van der Waals surface area contributed by atoms with Gasteiger partial charge in [0, 0.05) is 19.6 Å². The molecule has 0 aliphatic carbocycles. The third-order valence-corrected chi connectivity index (χ3v) is 4.83. The molecule has 1 aliphatic rings. The standard InChI is InChI=1S/C20H30N2O5/c1-4-15(2)17-7-5-6-8-18(17)27-14-19(23)22-9-10-26-16(12-22)11-21(3)13-20(24)25/h5-8,15-16H,4,9-14H2,1-3H3,(H,24,25). The van der Waals surface area contributed by atoms with Crippen LogP contribution in [-0.4, -0.2) is 79.3 Å². The number of morpholine rings is 1. The molecular weight excluding hydrogens is 348 g/mol. The topological polar surface area (TPSA) is 79.3 Å². The molecule has 1 heterocycles. The summed E-state index contributed by atoms with van der Waals surface area (Å²) >= 11 is 0. The number of amides is 1. The molecule has 0 radical (unpaired) electrons. The van der Waals surface area contributed by atoms with Crippen LogP contribution in [0.25, 0.3) is 0 Å².